The Morgan fingerprint density at radius 3 is 2.94 bits per heavy atom. The van der Waals surface area contributed by atoms with Crippen LogP contribution < -0.4 is 5.32 Å². The van der Waals surface area contributed by atoms with Crippen LogP contribution >= 0.6 is 11.6 Å². The molecule has 0 saturated heterocycles. The van der Waals surface area contributed by atoms with Crippen molar-refractivity contribution >= 4 is 29.1 Å². The van der Waals surface area contributed by atoms with Gasteiger partial charge in [0, 0.05) is 12.6 Å². The van der Waals surface area contributed by atoms with Crippen molar-refractivity contribution < 1.29 is 19.6 Å². The smallest absolute Gasteiger partial charge is 0.329 e. The number of aliphatic carboxylic acids is 1. The van der Waals surface area contributed by atoms with Gasteiger partial charge in [-0.05, 0) is 0 Å². The van der Waals surface area contributed by atoms with Gasteiger partial charge in [0.05, 0.1) is 16.6 Å². The lowest BCUT2D eigenvalue weighted by Gasteiger charge is -2.06. The molecule has 0 aliphatic carbocycles. The molecule has 18 heavy (non-hydrogen) atoms. The van der Waals surface area contributed by atoms with Gasteiger partial charge in [-0.3, -0.25) is 10.1 Å². The highest BCUT2D eigenvalue weighted by atomic mass is 35.5. The summed E-state index contributed by atoms with van der Waals surface area (Å²) < 4.78 is 4.78. The van der Waals surface area contributed by atoms with Gasteiger partial charge in [-0.2, -0.15) is 0 Å². The number of nitrogens with zero attached hydrogens (tertiary/aromatic N) is 2. The number of halogens is 1. The van der Waals surface area contributed by atoms with Crippen LogP contribution in [0.1, 0.15) is 0 Å². The molecule has 0 aliphatic heterocycles. The second kappa shape index (κ2) is 6.72. The summed E-state index contributed by atoms with van der Waals surface area (Å²) in [5, 5.41) is 21.6. The molecule has 0 radical (unpaired) electrons. The molecule has 9 heteroatoms. The van der Waals surface area contributed by atoms with E-state index in [1.54, 1.807) is 0 Å². The van der Waals surface area contributed by atoms with Gasteiger partial charge < -0.3 is 15.2 Å². The molecule has 1 rings (SSSR count). The Kier molecular flexibility index (Phi) is 5.28. The number of aromatic nitrogens is 1. The van der Waals surface area contributed by atoms with Crippen molar-refractivity contribution in [1.29, 1.82) is 0 Å². The number of carboxylic acid groups (broad SMARTS) is 1. The molecular formula is C9H10ClN3O5. The minimum atomic E-state index is -1.05. The second-order valence-corrected chi connectivity index (χ2v) is 3.56. The number of hydrogen-bond donors (Lipinski definition) is 2. The average molecular weight is 276 g/mol. The first-order chi connectivity index (χ1) is 8.50. The van der Waals surface area contributed by atoms with E-state index >= 15 is 0 Å². The molecule has 1 aromatic rings. The van der Waals surface area contributed by atoms with Crippen molar-refractivity contribution in [1.82, 2.24) is 4.98 Å². The number of rotatable bonds is 7. The van der Waals surface area contributed by atoms with Gasteiger partial charge in [-0.15, -0.1) is 0 Å². The first kappa shape index (κ1) is 14.1. The Bertz CT molecular complexity index is 454. The van der Waals surface area contributed by atoms with Crippen molar-refractivity contribution in [2.75, 3.05) is 25.1 Å². The molecular weight excluding hydrogens is 266 g/mol. The summed E-state index contributed by atoms with van der Waals surface area (Å²) in [6.07, 6.45) is 1.08. The van der Waals surface area contributed by atoms with Crippen LogP contribution in [0.4, 0.5) is 11.5 Å². The highest BCUT2D eigenvalue weighted by Crippen LogP contribution is 2.23. The van der Waals surface area contributed by atoms with Crippen LogP contribution in [-0.4, -0.2) is 40.7 Å². The number of carbonyl (C=O) groups is 1. The zero-order valence-corrected chi connectivity index (χ0v) is 9.88. The lowest BCUT2D eigenvalue weighted by molar-refractivity contribution is -0.385. The Hall–Kier alpha value is -1.93. The van der Waals surface area contributed by atoms with E-state index in [9.17, 15) is 14.9 Å². The minimum Gasteiger partial charge on any atom is -0.480 e. The molecule has 1 heterocycles. The van der Waals surface area contributed by atoms with Crippen LogP contribution in [0.25, 0.3) is 0 Å². The maximum absolute atomic E-state index is 10.4. The number of anilines is 1. The lowest BCUT2D eigenvalue weighted by atomic mass is 10.4. The van der Waals surface area contributed by atoms with E-state index < -0.39 is 10.9 Å². The Labute approximate surface area is 107 Å². The summed E-state index contributed by atoms with van der Waals surface area (Å²) in [7, 11) is 0. The number of hydrogen-bond acceptors (Lipinski definition) is 6. The number of nitrogens with one attached hydrogen (secondary N) is 1. The van der Waals surface area contributed by atoms with Crippen LogP contribution in [-0.2, 0) is 9.53 Å². The van der Waals surface area contributed by atoms with E-state index in [-0.39, 0.29) is 36.3 Å². The van der Waals surface area contributed by atoms with E-state index in [4.69, 9.17) is 21.4 Å². The van der Waals surface area contributed by atoms with Crippen molar-refractivity contribution in [3.8, 4) is 0 Å². The van der Waals surface area contributed by atoms with Crippen LogP contribution in [0.15, 0.2) is 12.3 Å². The molecule has 0 unspecified atom stereocenters. The number of carboxylic acids is 1. The highest BCUT2D eigenvalue weighted by molar-refractivity contribution is 6.33. The summed E-state index contributed by atoms with van der Waals surface area (Å²) in [6.45, 7) is 0.0577. The first-order valence-electron chi connectivity index (χ1n) is 4.84. The number of nitro groups is 1. The van der Waals surface area contributed by atoms with Gasteiger partial charge in [0.1, 0.15) is 18.6 Å². The van der Waals surface area contributed by atoms with Gasteiger partial charge in [0.25, 0.3) is 5.69 Å². The average Bonchev–Trinajstić information content (AvgIpc) is 2.29. The van der Waals surface area contributed by atoms with Crippen LogP contribution in [0, 0.1) is 10.1 Å². The predicted octanol–water partition coefficient (Wildman–Crippen LogP) is 1.16. The van der Waals surface area contributed by atoms with E-state index in [1.165, 1.54) is 6.07 Å². The summed E-state index contributed by atoms with van der Waals surface area (Å²) in [4.78, 5) is 23.8. The Balaban J connectivity index is 2.43. The molecule has 8 nitrogen and oxygen atoms in total. The van der Waals surface area contributed by atoms with E-state index in [1.807, 2.05) is 0 Å². The largest absolute Gasteiger partial charge is 0.480 e. The van der Waals surface area contributed by atoms with Gasteiger partial charge in [0.15, 0.2) is 0 Å². The maximum atomic E-state index is 10.4. The highest BCUT2D eigenvalue weighted by Gasteiger charge is 2.10. The normalized spacial score (nSPS) is 10.1. The molecule has 98 valence electrons. The zero-order chi connectivity index (χ0) is 13.5. The van der Waals surface area contributed by atoms with E-state index in [0.717, 1.165) is 6.20 Å². The van der Waals surface area contributed by atoms with Gasteiger partial charge >= 0.3 is 5.97 Å². The molecule has 1 aromatic heterocycles. The first-order valence-corrected chi connectivity index (χ1v) is 5.22. The molecule has 0 aliphatic rings. The summed E-state index contributed by atoms with van der Waals surface area (Å²) in [5.41, 5.74) is -0.201. The van der Waals surface area contributed by atoms with E-state index in [2.05, 4.69) is 10.3 Å². The SMILES string of the molecule is O=C(O)COCCNc1ncc([N+](=O)[O-])cc1Cl. The molecule has 0 saturated carbocycles. The van der Waals surface area contributed by atoms with Gasteiger partial charge in [-0.25, -0.2) is 9.78 Å². The Morgan fingerprint density at radius 2 is 2.39 bits per heavy atom. The molecule has 0 fully saturated rings. The maximum Gasteiger partial charge on any atom is 0.329 e. The van der Waals surface area contributed by atoms with Crippen LogP contribution in [0.2, 0.25) is 5.02 Å². The molecule has 0 spiro atoms. The van der Waals surface area contributed by atoms with Crippen molar-refractivity contribution in [2.45, 2.75) is 0 Å². The summed E-state index contributed by atoms with van der Waals surface area (Å²) >= 11 is 5.77. The van der Waals surface area contributed by atoms with Crippen molar-refractivity contribution in [2.24, 2.45) is 0 Å². The summed E-state index contributed by atoms with van der Waals surface area (Å²) in [6, 6.07) is 1.18. The fraction of sp³-hybridized carbons (Fsp3) is 0.333. The fourth-order valence-electron chi connectivity index (χ4n) is 1.06. The lowest BCUT2D eigenvalue weighted by Crippen LogP contribution is -2.14. The summed E-state index contributed by atoms with van der Waals surface area (Å²) in [5.74, 6) is -0.775. The molecule has 0 atom stereocenters. The molecule has 2 N–H and O–H groups in total. The number of ether oxygens (including phenoxy) is 1. The van der Waals surface area contributed by atoms with Crippen molar-refractivity contribution in [3.05, 3.63) is 27.4 Å². The predicted molar refractivity (Wildman–Crippen MR) is 62.8 cm³/mol. The molecule has 0 aromatic carbocycles. The van der Waals surface area contributed by atoms with Gasteiger partial charge in [-0.1, -0.05) is 11.6 Å². The zero-order valence-electron chi connectivity index (χ0n) is 9.13. The second-order valence-electron chi connectivity index (χ2n) is 3.15. The third-order valence-electron chi connectivity index (χ3n) is 1.80. The standard InChI is InChI=1S/C9H10ClN3O5/c10-7-3-6(13(16)17)4-12-9(7)11-1-2-18-5-8(14)15/h3-4H,1-2,5H2,(H,11,12)(H,14,15). The van der Waals surface area contributed by atoms with Gasteiger partial charge in [0.2, 0.25) is 0 Å². The molecule has 0 bridgehead atoms. The van der Waals surface area contributed by atoms with Crippen LogP contribution in [0.5, 0.6) is 0 Å². The quantitative estimate of drug-likeness (QED) is 0.436. The third-order valence-corrected chi connectivity index (χ3v) is 2.09. The Morgan fingerprint density at radius 1 is 1.67 bits per heavy atom. The monoisotopic (exact) mass is 275 g/mol. The van der Waals surface area contributed by atoms with Crippen LogP contribution in [0.3, 0.4) is 0 Å². The minimum absolute atomic E-state index is 0.113. The molecule has 0 amide bonds. The van der Waals surface area contributed by atoms with Crippen molar-refractivity contribution in [3.63, 3.8) is 0 Å². The topological polar surface area (TPSA) is 115 Å². The number of pyridine rings is 1. The van der Waals surface area contributed by atoms with E-state index in [0.29, 0.717) is 0 Å². The third kappa shape index (κ3) is 4.52. The fourth-order valence-corrected chi connectivity index (χ4v) is 1.29.